The van der Waals surface area contributed by atoms with Crippen molar-refractivity contribution in [2.45, 2.75) is 37.8 Å². The number of likely N-dealkylation sites (tertiary alicyclic amines) is 2. The van der Waals surface area contributed by atoms with E-state index in [0.717, 1.165) is 25.7 Å². The van der Waals surface area contributed by atoms with E-state index < -0.39 is 11.8 Å². The van der Waals surface area contributed by atoms with E-state index in [1.807, 2.05) is 24.3 Å². The van der Waals surface area contributed by atoms with Gasteiger partial charge in [-0.1, -0.05) is 37.4 Å². The van der Waals surface area contributed by atoms with Crippen molar-refractivity contribution in [3.05, 3.63) is 97.9 Å². The number of nitrogens with two attached hydrogens (primary N) is 2. The molecule has 65 heavy (non-hydrogen) atoms. The molecule has 2 aromatic carbocycles. The molecule has 8 aromatic rings. The Labute approximate surface area is 387 Å². The molecule has 8 heterocycles. The van der Waals surface area contributed by atoms with E-state index in [1.54, 1.807) is 43.4 Å². The van der Waals surface area contributed by atoms with Gasteiger partial charge in [0.25, 0.3) is 11.8 Å². The van der Waals surface area contributed by atoms with Crippen molar-refractivity contribution in [2.24, 2.45) is 0 Å². The van der Waals surface area contributed by atoms with Crippen molar-refractivity contribution in [1.82, 2.24) is 59.3 Å². The van der Waals surface area contributed by atoms with Crippen LogP contribution >= 0.6 is 0 Å². The van der Waals surface area contributed by atoms with E-state index >= 15 is 0 Å². The summed E-state index contributed by atoms with van der Waals surface area (Å²) in [4.78, 5) is 79.0. The maximum Gasteiger partial charge on any atom is 2.00 e. The van der Waals surface area contributed by atoms with Gasteiger partial charge in [-0.05, 0) is 62.1 Å². The van der Waals surface area contributed by atoms with E-state index in [1.165, 1.54) is 24.8 Å². The summed E-state index contributed by atoms with van der Waals surface area (Å²) in [6.07, 6.45) is 8.36. The number of carbonyl (C=O) groups is 4. The molecule has 4 amide bonds. The molecule has 2 saturated heterocycles. The average Bonchev–Trinajstić information content (AvgIpc) is 4.12. The maximum atomic E-state index is 13.1. The summed E-state index contributed by atoms with van der Waals surface area (Å²) >= 11 is 0. The van der Waals surface area contributed by atoms with Gasteiger partial charge in [0.05, 0.1) is 22.9 Å². The molecule has 2 aliphatic heterocycles. The summed E-state index contributed by atoms with van der Waals surface area (Å²) in [5.74, 6) is -1.10. The first-order chi connectivity index (χ1) is 31.1. The molecule has 2 atom stereocenters. The molecule has 0 radical (unpaired) electrons. The number of hydrogen-bond acceptors (Lipinski definition) is 16. The predicted octanol–water partition coefficient (Wildman–Crippen LogP) is 4.15. The van der Waals surface area contributed by atoms with Crippen LogP contribution in [0.4, 0.5) is 23.7 Å². The van der Waals surface area contributed by atoms with Crippen LogP contribution in [-0.2, 0) is 9.59 Å². The predicted molar refractivity (Wildman–Crippen MR) is 241 cm³/mol. The molecule has 2 aliphatic rings. The third kappa shape index (κ3) is 8.65. The van der Waals surface area contributed by atoms with Crippen molar-refractivity contribution in [3.8, 4) is 0 Å². The quantitative estimate of drug-likeness (QED) is 0.123. The first kappa shape index (κ1) is 43.8. The van der Waals surface area contributed by atoms with Gasteiger partial charge in [-0.15, -0.1) is 0 Å². The number of hydrogen-bond donors (Lipinski definition) is 4. The molecular weight excluding hydrogens is 849 g/mol. The fraction of sp³-hybridized carbons (Fsp3) is 0.238. The zero-order chi connectivity index (χ0) is 44.5. The summed E-state index contributed by atoms with van der Waals surface area (Å²) in [5.41, 5.74) is 15.5. The Morgan fingerprint density at radius 3 is 1.48 bits per heavy atom. The number of rotatable bonds is 8. The monoisotopic (exact) mass is 890 g/mol. The fourth-order valence-corrected chi connectivity index (χ4v) is 7.95. The SMILES string of the molecule is C=CC(=O)N1CCC[C@@H](n2nc(C(=O)Nc3nc4ccccc4o3)c3c(N)ncnc32)C1.C=CC(=O)N1CCC[C@@H](n2nc(C(=O)Nc3nc4ccccc4o3)c3c(N)ncnc32)C1.[H-].[H-].[Mg+2]. The second kappa shape index (κ2) is 18.5. The Morgan fingerprint density at radius 2 is 1.08 bits per heavy atom. The minimum atomic E-state index is -0.545. The Hall–Kier alpha value is -7.79. The molecule has 22 nitrogen and oxygen atoms in total. The van der Waals surface area contributed by atoms with Crippen LogP contribution in [0.2, 0.25) is 0 Å². The van der Waals surface area contributed by atoms with Gasteiger partial charge in [0, 0.05) is 26.2 Å². The molecule has 6 N–H and O–H groups in total. The zero-order valence-electron chi connectivity index (χ0n) is 36.8. The molecule has 2 fully saturated rings. The molecule has 0 saturated carbocycles. The van der Waals surface area contributed by atoms with Crippen molar-refractivity contribution < 1.29 is 30.9 Å². The van der Waals surface area contributed by atoms with Crippen LogP contribution in [0.15, 0.2) is 95.3 Å². The molecule has 23 heteroatoms. The van der Waals surface area contributed by atoms with Gasteiger partial charge >= 0.3 is 35.1 Å². The second-order valence-electron chi connectivity index (χ2n) is 15.0. The molecule has 0 spiro atoms. The third-order valence-electron chi connectivity index (χ3n) is 11.0. The van der Waals surface area contributed by atoms with E-state index in [4.69, 9.17) is 20.3 Å². The first-order valence-electron chi connectivity index (χ1n) is 20.2. The third-order valence-corrected chi connectivity index (χ3v) is 11.0. The minimum Gasteiger partial charge on any atom is -1.00 e. The molecule has 10 rings (SSSR count). The van der Waals surface area contributed by atoms with E-state index in [0.29, 0.717) is 70.4 Å². The smallest absolute Gasteiger partial charge is 1.00 e. The average molecular weight is 891 g/mol. The van der Waals surface area contributed by atoms with Gasteiger partial charge in [-0.25, -0.2) is 29.3 Å². The van der Waals surface area contributed by atoms with Gasteiger partial charge in [0.2, 0.25) is 11.8 Å². The van der Waals surface area contributed by atoms with Gasteiger partial charge in [0.1, 0.15) is 35.3 Å². The summed E-state index contributed by atoms with van der Waals surface area (Å²) in [6, 6.07) is 14.1. The fourth-order valence-electron chi connectivity index (χ4n) is 7.95. The van der Waals surface area contributed by atoms with Crippen LogP contribution in [0.5, 0.6) is 0 Å². The van der Waals surface area contributed by atoms with Gasteiger partial charge in [0.15, 0.2) is 33.8 Å². The Balaban J connectivity index is 0.000000212. The molecule has 0 unspecified atom stereocenters. The van der Waals surface area contributed by atoms with Crippen molar-refractivity contribution in [2.75, 3.05) is 48.3 Å². The number of carbonyl (C=O) groups excluding carboxylic acids is 4. The van der Waals surface area contributed by atoms with Crippen molar-refractivity contribution in [3.63, 3.8) is 0 Å². The number of nitrogens with zero attached hydrogens (tertiary/aromatic N) is 12. The summed E-state index contributed by atoms with van der Waals surface area (Å²) in [7, 11) is 0. The summed E-state index contributed by atoms with van der Waals surface area (Å²) in [6.45, 7) is 9.26. The molecular formula is C42H42MgN16O6. The number of amides is 4. The largest absolute Gasteiger partial charge is 2.00 e. The van der Waals surface area contributed by atoms with Gasteiger partial charge in [-0.3, -0.25) is 29.8 Å². The van der Waals surface area contributed by atoms with Crippen molar-refractivity contribution in [1.29, 1.82) is 0 Å². The Kier molecular flexibility index (Phi) is 12.5. The number of piperidine rings is 2. The van der Waals surface area contributed by atoms with Crippen LogP contribution in [0, 0.1) is 0 Å². The molecule has 0 bridgehead atoms. The number of aromatic nitrogens is 10. The van der Waals surface area contributed by atoms with Gasteiger partial charge in [-0.2, -0.15) is 20.2 Å². The van der Waals surface area contributed by atoms with Crippen LogP contribution in [-0.4, -0.2) is 132 Å². The molecule has 328 valence electrons. The normalized spacial score (nSPS) is 16.1. The summed E-state index contributed by atoms with van der Waals surface area (Å²) < 4.78 is 14.5. The van der Waals surface area contributed by atoms with E-state index in [-0.39, 0.29) is 84.9 Å². The number of para-hydroxylation sites is 4. The van der Waals surface area contributed by atoms with Crippen LogP contribution in [0.3, 0.4) is 0 Å². The molecule has 6 aromatic heterocycles. The van der Waals surface area contributed by atoms with Crippen LogP contribution < -0.4 is 22.1 Å². The standard InChI is InChI=1S/2C21H20N8O3.Mg.2H/c2*1-2-15(30)28-9-5-6-12(10-28)29-19-16(18(22)23-11-24-19)17(27-29)20(31)26-21-25-13-7-3-4-8-14(13)32-21;;;/h2*2-4,7-8,11-12H,1,5-6,9-10H2,(H2,22,23,24)(H,25,26,31);;;/q;;+2;2*-1/t2*12-;;;/m11.../s1. The van der Waals surface area contributed by atoms with Crippen LogP contribution in [0.1, 0.15) is 61.6 Å². The molecule has 0 aliphatic carbocycles. The minimum absolute atomic E-state index is 0. The number of nitrogen functional groups attached to an aromatic ring is 2. The summed E-state index contributed by atoms with van der Waals surface area (Å²) in [5, 5.41) is 15.0. The van der Waals surface area contributed by atoms with Crippen LogP contribution in [0.25, 0.3) is 44.3 Å². The zero-order valence-corrected chi connectivity index (χ0v) is 36.2. The van der Waals surface area contributed by atoms with E-state index in [9.17, 15) is 19.2 Å². The topological polar surface area (TPSA) is 290 Å². The number of oxazole rings is 2. The van der Waals surface area contributed by atoms with Crippen molar-refractivity contribution >= 4 is 115 Å². The first-order valence-corrected chi connectivity index (χ1v) is 20.2. The maximum absolute atomic E-state index is 13.1. The number of nitrogens with one attached hydrogen (secondary N) is 2. The number of fused-ring (bicyclic) bond motifs is 4. The number of benzene rings is 2. The Morgan fingerprint density at radius 1 is 0.662 bits per heavy atom. The van der Waals surface area contributed by atoms with Gasteiger partial charge < -0.3 is 33.0 Å². The number of anilines is 4. The second-order valence-corrected chi connectivity index (χ2v) is 15.0. The Bertz CT molecular complexity index is 2880. The van der Waals surface area contributed by atoms with E-state index in [2.05, 4.69) is 63.9 Å².